The Labute approximate surface area is 126 Å². The molecule has 0 radical (unpaired) electrons. The monoisotopic (exact) mass is 314 g/mol. The molecular formula is C15H23FN2O2S. The summed E-state index contributed by atoms with van der Waals surface area (Å²) in [4.78, 5) is 0.0904. The first-order chi connectivity index (χ1) is 9.96. The summed E-state index contributed by atoms with van der Waals surface area (Å²) in [6.07, 6.45) is 1.70. The van der Waals surface area contributed by atoms with Crippen molar-refractivity contribution >= 4 is 10.0 Å². The predicted molar refractivity (Wildman–Crippen MR) is 81.2 cm³/mol. The quantitative estimate of drug-likeness (QED) is 0.906. The molecule has 1 N–H and O–H groups in total. The summed E-state index contributed by atoms with van der Waals surface area (Å²) in [5, 5.41) is 3.30. The van der Waals surface area contributed by atoms with Gasteiger partial charge in [0.2, 0.25) is 10.0 Å². The van der Waals surface area contributed by atoms with Crippen molar-refractivity contribution < 1.29 is 12.8 Å². The molecule has 0 atom stereocenters. The third kappa shape index (κ3) is 3.62. The van der Waals surface area contributed by atoms with Crippen LogP contribution >= 0.6 is 0 Å². The SMILES string of the molecule is CCNCC1CCN(S(=O)(=O)c2cccc(F)c2C)CC1. The maximum Gasteiger partial charge on any atom is 0.243 e. The fourth-order valence-corrected chi connectivity index (χ4v) is 4.41. The second-order valence-electron chi connectivity index (χ2n) is 5.52. The second kappa shape index (κ2) is 6.85. The van der Waals surface area contributed by atoms with Gasteiger partial charge in [0.25, 0.3) is 0 Å². The van der Waals surface area contributed by atoms with Gasteiger partial charge in [-0.1, -0.05) is 13.0 Å². The fourth-order valence-electron chi connectivity index (χ4n) is 2.71. The van der Waals surface area contributed by atoms with Gasteiger partial charge in [0.1, 0.15) is 5.82 Å². The Hall–Kier alpha value is -0.980. The summed E-state index contributed by atoms with van der Waals surface area (Å²) in [6, 6.07) is 4.22. The van der Waals surface area contributed by atoms with Gasteiger partial charge in [-0.25, -0.2) is 12.8 Å². The topological polar surface area (TPSA) is 49.4 Å². The number of piperidine rings is 1. The molecule has 1 aromatic carbocycles. The van der Waals surface area contributed by atoms with Crippen LogP contribution in [0, 0.1) is 18.7 Å². The van der Waals surface area contributed by atoms with E-state index in [1.165, 1.54) is 29.4 Å². The molecule has 0 spiro atoms. The maximum absolute atomic E-state index is 13.6. The third-order valence-corrected chi connectivity index (χ3v) is 6.14. The fraction of sp³-hybridized carbons (Fsp3) is 0.600. The first kappa shape index (κ1) is 16.4. The van der Waals surface area contributed by atoms with Crippen LogP contribution in [0.5, 0.6) is 0 Å². The van der Waals surface area contributed by atoms with Crippen molar-refractivity contribution in [2.45, 2.75) is 31.6 Å². The van der Waals surface area contributed by atoms with E-state index >= 15 is 0 Å². The average Bonchev–Trinajstić information content (AvgIpc) is 2.48. The van der Waals surface area contributed by atoms with Crippen molar-refractivity contribution in [1.82, 2.24) is 9.62 Å². The molecule has 6 heteroatoms. The van der Waals surface area contributed by atoms with Gasteiger partial charge in [-0.05, 0) is 50.9 Å². The average molecular weight is 314 g/mol. The van der Waals surface area contributed by atoms with Gasteiger partial charge in [-0.15, -0.1) is 0 Å². The third-order valence-electron chi connectivity index (χ3n) is 4.09. The number of benzene rings is 1. The number of nitrogens with one attached hydrogen (secondary N) is 1. The van der Waals surface area contributed by atoms with Gasteiger partial charge < -0.3 is 5.32 Å². The molecule has 1 aliphatic heterocycles. The summed E-state index contributed by atoms with van der Waals surface area (Å²) in [7, 11) is -3.59. The molecule has 0 amide bonds. The van der Waals surface area contributed by atoms with Crippen LogP contribution in [0.2, 0.25) is 0 Å². The van der Waals surface area contributed by atoms with Gasteiger partial charge in [-0.2, -0.15) is 4.31 Å². The van der Waals surface area contributed by atoms with Gasteiger partial charge >= 0.3 is 0 Å². The highest BCUT2D eigenvalue weighted by Crippen LogP contribution is 2.26. The molecule has 0 bridgehead atoms. The number of halogens is 1. The molecule has 1 fully saturated rings. The predicted octanol–water partition coefficient (Wildman–Crippen LogP) is 2.14. The Kier molecular flexibility index (Phi) is 5.35. The molecule has 118 valence electrons. The van der Waals surface area contributed by atoms with Crippen LogP contribution in [-0.4, -0.2) is 38.9 Å². The van der Waals surface area contributed by atoms with Crippen LogP contribution in [0.15, 0.2) is 23.1 Å². The minimum absolute atomic E-state index is 0.0904. The van der Waals surface area contributed by atoms with Crippen LogP contribution in [0.1, 0.15) is 25.3 Å². The van der Waals surface area contributed by atoms with Gasteiger partial charge in [0.05, 0.1) is 4.90 Å². The van der Waals surface area contributed by atoms with Gasteiger partial charge in [0, 0.05) is 18.7 Å². The highest BCUT2D eigenvalue weighted by molar-refractivity contribution is 7.89. The van der Waals surface area contributed by atoms with Crippen LogP contribution in [0.3, 0.4) is 0 Å². The van der Waals surface area contributed by atoms with Crippen molar-refractivity contribution in [3.63, 3.8) is 0 Å². The van der Waals surface area contributed by atoms with E-state index in [4.69, 9.17) is 0 Å². The summed E-state index contributed by atoms with van der Waals surface area (Å²) in [5.41, 5.74) is 0.201. The molecule has 1 heterocycles. The largest absolute Gasteiger partial charge is 0.317 e. The zero-order valence-corrected chi connectivity index (χ0v) is 13.4. The second-order valence-corrected chi connectivity index (χ2v) is 7.42. The van der Waals surface area contributed by atoms with Gasteiger partial charge in [-0.3, -0.25) is 0 Å². The molecule has 1 aliphatic rings. The van der Waals surface area contributed by atoms with Crippen molar-refractivity contribution in [3.05, 3.63) is 29.6 Å². The van der Waals surface area contributed by atoms with E-state index in [1.54, 1.807) is 0 Å². The lowest BCUT2D eigenvalue weighted by Gasteiger charge is -2.31. The van der Waals surface area contributed by atoms with Gasteiger partial charge in [0.15, 0.2) is 0 Å². The highest BCUT2D eigenvalue weighted by atomic mass is 32.2. The minimum atomic E-state index is -3.59. The molecule has 0 aliphatic carbocycles. The molecule has 0 unspecified atom stereocenters. The van der Waals surface area contributed by atoms with Crippen molar-refractivity contribution in [3.8, 4) is 0 Å². The first-order valence-electron chi connectivity index (χ1n) is 7.42. The van der Waals surface area contributed by atoms with E-state index in [0.29, 0.717) is 19.0 Å². The summed E-state index contributed by atoms with van der Waals surface area (Å²) < 4.78 is 40.3. The van der Waals surface area contributed by atoms with Crippen molar-refractivity contribution in [1.29, 1.82) is 0 Å². The number of nitrogens with zero attached hydrogens (tertiary/aromatic N) is 1. The van der Waals surface area contributed by atoms with Crippen LogP contribution in [-0.2, 0) is 10.0 Å². The van der Waals surface area contributed by atoms with E-state index in [9.17, 15) is 12.8 Å². The van der Waals surface area contributed by atoms with Crippen LogP contribution in [0.25, 0.3) is 0 Å². The van der Waals surface area contributed by atoms with E-state index in [-0.39, 0.29) is 10.5 Å². The summed E-state index contributed by atoms with van der Waals surface area (Å²) >= 11 is 0. The Morgan fingerprint density at radius 2 is 2.00 bits per heavy atom. The van der Waals surface area contributed by atoms with Crippen molar-refractivity contribution in [2.75, 3.05) is 26.2 Å². The Morgan fingerprint density at radius 1 is 1.33 bits per heavy atom. The van der Waals surface area contributed by atoms with Crippen LogP contribution < -0.4 is 5.32 Å². The van der Waals surface area contributed by atoms with E-state index in [2.05, 4.69) is 12.2 Å². The standard InChI is InChI=1S/C15H23FN2O2S/c1-3-17-11-13-7-9-18(10-8-13)21(19,20)15-6-4-5-14(16)12(15)2/h4-6,13,17H,3,7-11H2,1-2H3. The van der Waals surface area contributed by atoms with E-state index in [1.807, 2.05) is 0 Å². The zero-order valence-electron chi connectivity index (χ0n) is 12.6. The summed E-state index contributed by atoms with van der Waals surface area (Å²) in [6.45, 7) is 6.46. The lowest BCUT2D eigenvalue weighted by molar-refractivity contribution is 0.268. The first-order valence-corrected chi connectivity index (χ1v) is 8.86. The number of rotatable bonds is 5. The Morgan fingerprint density at radius 3 is 2.62 bits per heavy atom. The Bertz CT molecular complexity index is 581. The van der Waals surface area contributed by atoms with E-state index in [0.717, 1.165) is 25.9 Å². The number of hydrogen-bond acceptors (Lipinski definition) is 3. The van der Waals surface area contributed by atoms with Crippen LogP contribution in [0.4, 0.5) is 4.39 Å². The molecular weight excluding hydrogens is 291 g/mol. The molecule has 1 aromatic rings. The van der Waals surface area contributed by atoms with Crippen molar-refractivity contribution in [2.24, 2.45) is 5.92 Å². The molecule has 0 saturated carbocycles. The molecule has 0 aromatic heterocycles. The zero-order chi connectivity index (χ0) is 15.5. The lowest BCUT2D eigenvalue weighted by Crippen LogP contribution is -2.41. The molecule has 2 rings (SSSR count). The number of hydrogen-bond donors (Lipinski definition) is 1. The summed E-state index contributed by atoms with van der Waals surface area (Å²) in [5.74, 6) is 0.0445. The smallest absolute Gasteiger partial charge is 0.243 e. The highest BCUT2D eigenvalue weighted by Gasteiger charge is 2.30. The van der Waals surface area contributed by atoms with E-state index < -0.39 is 15.8 Å². The molecule has 4 nitrogen and oxygen atoms in total. The minimum Gasteiger partial charge on any atom is -0.317 e. The maximum atomic E-state index is 13.6. The number of sulfonamides is 1. The normalized spacial score (nSPS) is 18.0. The lowest BCUT2D eigenvalue weighted by atomic mass is 9.98. The Balaban J connectivity index is 2.10. The molecule has 1 saturated heterocycles. The molecule has 21 heavy (non-hydrogen) atoms.